The number of aliphatic hydroxyl groups is 1. The second kappa shape index (κ2) is 7.32. The van der Waals surface area contributed by atoms with Crippen LogP contribution in [-0.4, -0.2) is 32.0 Å². The monoisotopic (exact) mass is 246 g/mol. The Bertz CT molecular complexity index is 345. The molecule has 1 unspecified atom stereocenters. The van der Waals surface area contributed by atoms with E-state index in [9.17, 15) is 13.9 Å². The number of benzene rings is 1. The van der Waals surface area contributed by atoms with Gasteiger partial charge in [0.1, 0.15) is 0 Å². The van der Waals surface area contributed by atoms with Crippen LogP contribution in [0.1, 0.15) is 18.1 Å². The van der Waals surface area contributed by atoms with E-state index in [1.807, 2.05) is 0 Å². The first-order valence-electron chi connectivity index (χ1n) is 5.35. The van der Waals surface area contributed by atoms with E-state index in [1.54, 1.807) is 7.11 Å². The van der Waals surface area contributed by atoms with E-state index in [-0.39, 0.29) is 0 Å². The Morgan fingerprint density at radius 2 is 1.94 bits per heavy atom. The molecule has 0 aliphatic rings. The number of hydrogen-bond donors (Lipinski definition) is 1. The van der Waals surface area contributed by atoms with Crippen LogP contribution in [0.2, 0.25) is 0 Å². The molecule has 0 saturated heterocycles. The molecule has 96 valence electrons. The summed E-state index contributed by atoms with van der Waals surface area (Å²) in [6, 6.07) is 3.35. The van der Waals surface area contributed by atoms with Gasteiger partial charge in [0.2, 0.25) is 0 Å². The summed E-state index contributed by atoms with van der Waals surface area (Å²) in [5.41, 5.74) is 0.347. The lowest BCUT2D eigenvalue weighted by Crippen LogP contribution is -2.07. The SMILES string of the molecule is COCCOCCC(O)c1ccc(F)c(F)c1. The predicted octanol–water partition coefficient (Wildman–Crippen LogP) is 2.05. The predicted molar refractivity (Wildman–Crippen MR) is 58.6 cm³/mol. The maximum absolute atomic E-state index is 12.9. The van der Waals surface area contributed by atoms with Crippen molar-refractivity contribution in [3.05, 3.63) is 35.4 Å². The van der Waals surface area contributed by atoms with Gasteiger partial charge in [0.25, 0.3) is 0 Å². The molecule has 0 heterocycles. The second-order valence-electron chi connectivity index (χ2n) is 3.58. The number of rotatable bonds is 7. The van der Waals surface area contributed by atoms with Gasteiger partial charge < -0.3 is 14.6 Å². The van der Waals surface area contributed by atoms with Crippen LogP contribution in [0.5, 0.6) is 0 Å². The van der Waals surface area contributed by atoms with E-state index in [0.717, 1.165) is 12.1 Å². The van der Waals surface area contributed by atoms with Crippen LogP contribution in [0.25, 0.3) is 0 Å². The van der Waals surface area contributed by atoms with Crippen LogP contribution >= 0.6 is 0 Å². The van der Waals surface area contributed by atoms with Crippen molar-refractivity contribution in [3.8, 4) is 0 Å². The Hall–Kier alpha value is -1.04. The average Bonchev–Trinajstić information content (AvgIpc) is 2.32. The first-order chi connectivity index (χ1) is 8.15. The molecule has 0 fully saturated rings. The lowest BCUT2D eigenvalue weighted by Gasteiger charge is -2.11. The van der Waals surface area contributed by atoms with Crippen LogP contribution in [-0.2, 0) is 9.47 Å². The minimum atomic E-state index is -0.957. The molecule has 3 nitrogen and oxygen atoms in total. The number of ether oxygens (including phenoxy) is 2. The molecule has 0 aliphatic heterocycles. The van der Waals surface area contributed by atoms with E-state index >= 15 is 0 Å². The maximum Gasteiger partial charge on any atom is 0.159 e. The summed E-state index contributed by atoms with van der Waals surface area (Å²) in [5, 5.41) is 9.69. The molecule has 0 bridgehead atoms. The minimum absolute atomic E-state index is 0.328. The smallest absolute Gasteiger partial charge is 0.159 e. The zero-order chi connectivity index (χ0) is 12.7. The molecule has 0 aromatic heterocycles. The largest absolute Gasteiger partial charge is 0.388 e. The normalized spacial score (nSPS) is 12.7. The van der Waals surface area contributed by atoms with E-state index in [2.05, 4.69) is 0 Å². The molecule has 1 N–H and O–H groups in total. The third-order valence-corrected chi connectivity index (χ3v) is 2.30. The molecule has 1 aromatic rings. The molecule has 0 aliphatic carbocycles. The summed E-state index contributed by atoms with van der Waals surface area (Å²) >= 11 is 0. The molecule has 1 rings (SSSR count). The van der Waals surface area contributed by atoms with Crippen molar-refractivity contribution in [3.63, 3.8) is 0 Å². The highest BCUT2D eigenvalue weighted by Crippen LogP contribution is 2.18. The van der Waals surface area contributed by atoms with Gasteiger partial charge in [-0.05, 0) is 17.7 Å². The second-order valence-corrected chi connectivity index (χ2v) is 3.58. The van der Waals surface area contributed by atoms with E-state index in [4.69, 9.17) is 9.47 Å². The first-order valence-corrected chi connectivity index (χ1v) is 5.35. The maximum atomic E-state index is 12.9. The van der Waals surface area contributed by atoms with Crippen molar-refractivity contribution >= 4 is 0 Å². The molecule has 1 aromatic carbocycles. The molecule has 0 saturated carbocycles. The first kappa shape index (κ1) is 14.0. The van der Waals surface area contributed by atoms with Gasteiger partial charge in [0, 0.05) is 20.1 Å². The lowest BCUT2D eigenvalue weighted by atomic mass is 10.1. The summed E-state index contributed by atoms with van der Waals surface area (Å²) in [6.07, 6.45) is -0.526. The summed E-state index contributed by atoms with van der Waals surface area (Å²) < 4.78 is 35.5. The zero-order valence-corrected chi connectivity index (χ0v) is 9.66. The summed E-state index contributed by atoms with van der Waals surface area (Å²) in [5.74, 6) is -1.88. The third-order valence-electron chi connectivity index (χ3n) is 2.30. The van der Waals surface area contributed by atoms with Gasteiger partial charge in [-0.3, -0.25) is 0 Å². The van der Waals surface area contributed by atoms with Crippen molar-refractivity contribution in [2.45, 2.75) is 12.5 Å². The minimum Gasteiger partial charge on any atom is -0.388 e. The van der Waals surface area contributed by atoms with Crippen molar-refractivity contribution in [2.75, 3.05) is 26.9 Å². The number of halogens is 2. The van der Waals surface area contributed by atoms with Crippen LogP contribution in [0, 0.1) is 11.6 Å². The van der Waals surface area contributed by atoms with Gasteiger partial charge >= 0.3 is 0 Å². The van der Waals surface area contributed by atoms with Gasteiger partial charge in [-0.1, -0.05) is 6.07 Å². The highest BCUT2D eigenvalue weighted by molar-refractivity contribution is 5.19. The molecule has 5 heteroatoms. The lowest BCUT2D eigenvalue weighted by molar-refractivity contribution is 0.0475. The van der Waals surface area contributed by atoms with Crippen LogP contribution < -0.4 is 0 Å². The fourth-order valence-electron chi connectivity index (χ4n) is 1.33. The zero-order valence-electron chi connectivity index (χ0n) is 9.66. The fourth-order valence-corrected chi connectivity index (χ4v) is 1.33. The van der Waals surface area contributed by atoms with Crippen molar-refractivity contribution < 1.29 is 23.4 Å². The highest BCUT2D eigenvalue weighted by Gasteiger charge is 2.10. The molecule has 0 amide bonds. The Labute approximate surface area is 99.0 Å². The Morgan fingerprint density at radius 1 is 1.18 bits per heavy atom. The van der Waals surface area contributed by atoms with Gasteiger partial charge in [-0.15, -0.1) is 0 Å². The highest BCUT2D eigenvalue weighted by atomic mass is 19.2. The Morgan fingerprint density at radius 3 is 2.59 bits per heavy atom. The van der Waals surface area contributed by atoms with Crippen LogP contribution in [0.15, 0.2) is 18.2 Å². The number of aliphatic hydroxyl groups excluding tert-OH is 1. The Kier molecular flexibility index (Phi) is 6.04. The quantitative estimate of drug-likeness (QED) is 0.748. The third kappa shape index (κ3) is 4.77. The summed E-state index contributed by atoms with van der Waals surface area (Å²) in [6.45, 7) is 1.27. The van der Waals surface area contributed by atoms with E-state index < -0.39 is 17.7 Å². The number of methoxy groups -OCH3 is 1. The molecule has 0 spiro atoms. The molecular formula is C12H16F2O3. The van der Waals surface area contributed by atoms with E-state index in [1.165, 1.54) is 6.07 Å². The molecule has 1 atom stereocenters. The summed E-state index contributed by atoms with van der Waals surface area (Å²) in [4.78, 5) is 0. The van der Waals surface area contributed by atoms with Crippen molar-refractivity contribution in [2.24, 2.45) is 0 Å². The van der Waals surface area contributed by atoms with Gasteiger partial charge in [0.05, 0.1) is 19.3 Å². The van der Waals surface area contributed by atoms with Crippen molar-refractivity contribution in [1.29, 1.82) is 0 Å². The molecule has 0 radical (unpaired) electrons. The van der Waals surface area contributed by atoms with Crippen LogP contribution in [0.4, 0.5) is 8.78 Å². The van der Waals surface area contributed by atoms with Gasteiger partial charge in [0.15, 0.2) is 11.6 Å². The fraction of sp³-hybridized carbons (Fsp3) is 0.500. The van der Waals surface area contributed by atoms with Gasteiger partial charge in [-0.2, -0.15) is 0 Å². The van der Waals surface area contributed by atoms with Crippen LogP contribution in [0.3, 0.4) is 0 Å². The van der Waals surface area contributed by atoms with Gasteiger partial charge in [-0.25, -0.2) is 8.78 Å². The van der Waals surface area contributed by atoms with Crippen molar-refractivity contribution in [1.82, 2.24) is 0 Å². The average molecular weight is 246 g/mol. The standard InChI is InChI=1S/C12H16F2O3/c1-16-6-7-17-5-4-12(15)9-2-3-10(13)11(14)8-9/h2-3,8,12,15H,4-7H2,1H3. The number of hydrogen-bond acceptors (Lipinski definition) is 3. The summed E-state index contributed by atoms with van der Waals surface area (Å²) in [7, 11) is 1.57. The van der Waals surface area contributed by atoms with E-state index in [0.29, 0.717) is 31.8 Å². The topological polar surface area (TPSA) is 38.7 Å². The Balaban J connectivity index is 2.36. The molecular weight excluding hydrogens is 230 g/mol. The molecule has 17 heavy (non-hydrogen) atoms.